The van der Waals surface area contributed by atoms with Gasteiger partial charge in [-0.05, 0) is 97.8 Å². The summed E-state index contributed by atoms with van der Waals surface area (Å²) in [4.78, 5) is 16.4. The highest BCUT2D eigenvalue weighted by Crippen LogP contribution is 2.31. The van der Waals surface area contributed by atoms with E-state index >= 15 is 0 Å². The van der Waals surface area contributed by atoms with Gasteiger partial charge in [-0.15, -0.1) is 0 Å². The second-order valence-electron chi connectivity index (χ2n) is 11.8. The summed E-state index contributed by atoms with van der Waals surface area (Å²) in [6.45, 7) is 4.36. The fourth-order valence-electron chi connectivity index (χ4n) is 5.65. The number of nitrogens with zero attached hydrogens (tertiary/aromatic N) is 5. The number of piperidine rings is 1. The Bertz CT molecular complexity index is 1890. The van der Waals surface area contributed by atoms with Gasteiger partial charge >= 0.3 is 0 Å². The molecule has 0 unspecified atom stereocenters. The van der Waals surface area contributed by atoms with Crippen molar-refractivity contribution in [3.8, 4) is 17.2 Å². The molecule has 0 aliphatic carbocycles. The molecule has 2 N–H and O–H groups in total. The van der Waals surface area contributed by atoms with Crippen LogP contribution in [0.15, 0.2) is 96.1 Å². The van der Waals surface area contributed by atoms with Gasteiger partial charge < -0.3 is 24.4 Å². The third kappa shape index (κ3) is 9.55. The molecule has 1 saturated heterocycles. The van der Waals surface area contributed by atoms with Gasteiger partial charge in [-0.2, -0.15) is 20.1 Å². The van der Waals surface area contributed by atoms with Crippen LogP contribution in [0, 0.1) is 5.92 Å². The summed E-state index contributed by atoms with van der Waals surface area (Å²) in [7, 11) is 1.64. The van der Waals surface area contributed by atoms with Crippen molar-refractivity contribution in [1.82, 2.24) is 15.0 Å². The third-order valence-corrected chi connectivity index (χ3v) is 8.87. The second kappa shape index (κ2) is 17.0. The molecular weight excluding hydrogens is 673 g/mol. The Kier molecular flexibility index (Phi) is 11.9. The molecule has 1 aromatic heterocycles. The lowest BCUT2D eigenvalue weighted by Gasteiger charge is -2.32. The number of methoxy groups -OCH3 is 1. The SMILES string of the molecule is CCOc1cc(/C=N\Nc2nc(Nc3ccc(OC)cc3)nc(N3CCC(Cc4ccccc4)CC3)n2)ccc1OCc1ccc(Cl)cc1Cl. The molecule has 50 heavy (non-hydrogen) atoms. The zero-order valence-corrected chi connectivity index (χ0v) is 29.5. The molecule has 0 amide bonds. The van der Waals surface area contributed by atoms with Gasteiger partial charge in [0, 0.05) is 34.4 Å². The summed E-state index contributed by atoms with van der Waals surface area (Å²) in [5, 5.41) is 8.87. The zero-order chi connectivity index (χ0) is 34.7. The van der Waals surface area contributed by atoms with Crippen LogP contribution in [0.25, 0.3) is 0 Å². The number of halogens is 2. The van der Waals surface area contributed by atoms with Crippen molar-refractivity contribution in [3.05, 3.63) is 118 Å². The molecule has 6 rings (SSSR count). The molecule has 0 atom stereocenters. The van der Waals surface area contributed by atoms with E-state index in [9.17, 15) is 0 Å². The summed E-state index contributed by atoms with van der Waals surface area (Å²) < 4.78 is 17.2. The predicted octanol–water partition coefficient (Wildman–Crippen LogP) is 8.81. The van der Waals surface area contributed by atoms with Crippen LogP contribution in [0.5, 0.6) is 17.2 Å². The maximum atomic E-state index is 6.33. The van der Waals surface area contributed by atoms with Crippen LogP contribution in [0.1, 0.15) is 36.5 Å². The van der Waals surface area contributed by atoms with Crippen LogP contribution in [-0.2, 0) is 13.0 Å². The van der Waals surface area contributed by atoms with Gasteiger partial charge in [-0.25, -0.2) is 5.43 Å². The van der Waals surface area contributed by atoms with Gasteiger partial charge in [0.15, 0.2) is 11.5 Å². The fraction of sp³-hybridized carbons (Fsp3) is 0.263. The van der Waals surface area contributed by atoms with Crippen LogP contribution in [-0.4, -0.2) is 48.0 Å². The first-order chi connectivity index (χ1) is 24.4. The molecule has 0 spiro atoms. The average molecular weight is 713 g/mol. The number of anilines is 4. The average Bonchev–Trinajstić information content (AvgIpc) is 3.13. The molecular formula is C38H39Cl2N7O3. The Balaban J connectivity index is 1.16. The highest BCUT2D eigenvalue weighted by molar-refractivity contribution is 6.35. The van der Waals surface area contributed by atoms with E-state index in [2.05, 4.69) is 56.1 Å². The highest BCUT2D eigenvalue weighted by Gasteiger charge is 2.22. The van der Waals surface area contributed by atoms with Gasteiger partial charge in [0.1, 0.15) is 12.4 Å². The summed E-state index contributed by atoms with van der Waals surface area (Å²) in [6, 6.07) is 29.2. The standard InChI is InChI=1S/C38H39Cl2N7O3/c1-3-49-35-22-28(9-16-34(35)50-25-29-10-11-30(39)23-33(29)40)24-41-46-37-43-36(42-31-12-14-32(48-2)15-13-31)44-38(45-37)47-19-17-27(18-20-47)21-26-7-5-4-6-8-26/h4-16,22-24,27H,3,17-21,25H2,1-2H3,(H2,42,43,44,45,46)/b41-24-. The van der Waals surface area contributed by atoms with E-state index in [1.165, 1.54) is 5.56 Å². The third-order valence-electron chi connectivity index (χ3n) is 8.28. The van der Waals surface area contributed by atoms with Crippen molar-refractivity contribution in [1.29, 1.82) is 0 Å². The fourth-order valence-corrected chi connectivity index (χ4v) is 6.11. The van der Waals surface area contributed by atoms with Gasteiger partial charge in [0.25, 0.3) is 0 Å². The van der Waals surface area contributed by atoms with E-state index in [0.29, 0.717) is 51.9 Å². The molecule has 0 bridgehead atoms. The Hall–Kier alpha value is -5.06. The van der Waals surface area contributed by atoms with E-state index in [4.69, 9.17) is 47.4 Å². The minimum absolute atomic E-state index is 0.268. The Labute approximate surface area is 302 Å². The maximum Gasteiger partial charge on any atom is 0.250 e. The predicted molar refractivity (Wildman–Crippen MR) is 201 cm³/mol. The molecule has 12 heteroatoms. The molecule has 1 aliphatic rings. The molecule has 258 valence electrons. The summed E-state index contributed by atoms with van der Waals surface area (Å²) in [6.07, 6.45) is 4.86. The molecule has 2 heterocycles. The number of aromatic nitrogens is 3. The quantitative estimate of drug-likeness (QED) is 0.0863. The number of rotatable bonds is 14. The van der Waals surface area contributed by atoms with E-state index in [1.54, 1.807) is 25.5 Å². The van der Waals surface area contributed by atoms with Crippen molar-refractivity contribution in [2.75, 3.05) is 42.4 Å². The van der Waals surface area contributed by atoms with E-state index < -0.39 is 0 Å². The maximum absolute atomic E-state index is 6.33. The van der Waals surface area contributed by atoms with E-state index in [1.807, 2.05) is 55.5 Å². The first-order valence-corrected chi connectivity index (χ1v) is 17.3. The van der Waals surface area contributed by atoms with Crippen molar-refractivity contribution in [2.45, 2.75) is 32.8 Å². The Morgan fingerprint density at radius 3 is 2.38 bits per heavy atom. The Morgan fingerprint density at radius 2 is 1.64 bits per heavy atom. The van der Waals surface area contributed by atoms with E-state index in [0.717, 1.165) is 54.9 Å². The van der Waals surface area contributed by atoms with Gasteiger partial charge in [0.2, 0.25) is 17.8 Å². The molecule has 5 aromatic rings. The van der Waals surface area contributed by atoms with Crippen molar-refractivity contribution < 1.29 is 14.2 Å². The van der Waals surface area contributed by atoms with Gasteiger partial charge in [-0.1, -0.05) is 59.6 Å². The number of nitrogens with one attached hydrogen (secondary N) is 2. The van der Waals surface area contributed by atoms with Crippen LogP contribution >= 0.6 is 23.2 Å². The minimum Gasteiger partial charge on any atom is -0.497 e. The number of hydrazone groups is 1. The van der Waals surface area contributed by atoms with Crippen LogP contribution in [0.3, 0.4) is 0 Å². The minimum atomic E-state index is 0.268. The van der Waals surface area contributed by atoms with Crippen LogP contribution in [0.2, 0.25) is 10.0 Å². The number of hydrogen-bond acceptors (Lipinski definition) is 10. The first-order valence-electron chi connectivity index (χ1n) is 16.5. The molecule has 1 aliphatic heterocycles. The largest absolute Gasteiger partial charge is 0.497 e. The van der Waals surface area contributed by atoms with Crippen LogP contribution in [0.4, 0.5) is 23.5 Å². The summed E-state index contributed by atoms with van der Waals surface area (Å²) in [5.74, 6) is 3.87. The molecule has 0 saturated carbocycles. The molecule has 1 fully saturated rings. The molecule has 4 aromatic carbocycles. The number of ether oxygens (including phenoxy) is 3. The summed E-state index contributed by atoms with van der Waals surface area (Å²) >= 11 is 12.4. The van der Waals surface area contributed by atoms with Crippen molar-refractivity contribution in [2.24, 2.45) is 11.0 Å². The number of hydrogen-bond donors (Lipinski definition) is 2. The lowest BCUT2D eigenvalue weighted by Crippen LogP contribution is -2.35. The van der Waals surface area contributed by atoms with Crippen LogP contribution < -0.4 is 29.9 Å². The lowest BCUT2D eigenvalue weighted by atomic mass is 9.90. The van der Waals surface area contributed by atoms with Gasteiger partial charge in [-0.3, -0.25) is 0 Å². The highest BCUT2D eigenvalue weighted by atomic mass is 35.5. The lowest BCUT2D eigenvalue weighted by molar-refractivity contribution is 0.269. The Morgan fingerprint density at radius 1 is 0.860 bits per heavy atom. The molecule has 10 nitrogen and oxygen atoms in total. The number of benzene rings is 4. The van der Waals surface area contributed by atoms with Gasteiger partial charge in [0.05, 0.1) is 19.9 Å². The van der Waals surface area contributed by atoms with E-state index in [-0.39, 0.29) is 6.61 Å². The zero-order valence-electron chi connectivity index (χ0n) is 28.0. The molecule has 0 radical (unpaired) electrons. The topological polar surface area (TPSA) is 106 Å². The summed E-state index contributed by atoms with van der Waals surface area (Å²) in [5.41, 5.74) is 6.82. The van der Waals surface area contributed by atoms with Crippen molar-refractivity contribution in [3.63, 3.8) is 0 Å². The first kappa shape index (κ1) is 34.8. The smallest absolute Gasteiger partial charge is 0.250 e. The van der Waals surface area contributed by atoms with Crippen molar-refractivity contribution >= 4 is 52.9 Å². The normalized spacial score (nSPS) is 13.3. The second-order valence-corrected chi connectivity index (χ2v) is 12.6. The monoisotopic (exact) mass is 711 g/mol.